The van der Waals surface area contributed by atoms with E-state index in [1.54, 1.807) is 59.7 Å². The molecule has 1 aliphatic carbocycles. The highest BCUT2D eigenvalue weighted by Gasteiger charge is 2.17. The van der Waals surface area contributed by atoms with Crippen molar-refractivity contribution in [3.8, 4) is 11.4 Å². The third-order valence-electron chi connectivity index (χ3n) is 7.52. The van der Waals surface area contributed by atoms with Gasteiger partial charge in [-0.3, -0.25) is 9.71 Å². The third-order valence-corrected chi connectivity index (χ3v) is 8.92. The molecule has 1 atom stereocenters. The van der Waals surface area contributed by atoms with Gasteiger partial charge in [-0.25, -0.2) is 8.42 Å². The van der Waals surface area contributed by atoms with Gasteiger partial charge >= 0.3 is 0 Å². The van der Waals surface area contributed by atoms with Crippen molar-refractivity contribution in [2.45, 2.75) is 62.5 Å². The number of anilines is 1. The molecule has 1 fully saturated rings. The van der Waals surface area contributed by atoms with Crippen LogP contribution in [-0.4, -0.2) is 51.8 Å². The molecular formula is C30H37N7O3S. The average molecular weight is 576 g/mol. The van der Waals surface area contributed by atoms with Gasteiger partial charge in [0.15, 0.2) is 0 Å². The molecular weight excluding hydrogens is 538 g/mol. The van der Waals surface area contributed by atoms with Gasteiger partial charge in [0.05, 0.1) is 17.5 Å². The van der Waals surface area contributed by atoms with Gasteiger partial charge in [-0.2, -0.15) is 4.80 Å². The Morgan fingerprint density at radius 1 is 1.02 bits per heavy atom. The maximum Gasteiger partial charge on any atom is 0.261 e. The Bertz CT molecular complexity index is 1470. The molecule has 216 valence electrons. The van der Waals surface area contributed by atoms with Gasteiger partial charge in [0.2, 0.25) is 5.82 Å². The van der Waals surface area contributed by atoms with Crippen molar-refractivity contribution >= 4 is 15.7 Å². The monoisotopic (exact) mass is 575 g/mol. The van der Waals surface area contributed by atoms with Crippen molar-refractivity contribution in [3.05, 3.63) is 84.2 Å². The average Bonchev–Trinajstić information content (AvgIpc) is 3.69. The summed E-state index contributed by atoms with van der Waals surface area (Å²) in [4.78, 5) is 5.81. The van der Waals surface area contributed by atoms with Crippen LogP contribution in [0.4, 0.5) is 5.69 Å². The van der Waals surface area contributed by atoms with Crippen molar-refractivity contribution in [1.82, 2.24) is 30.5 Å². The van der Waals surface area contributed by atoms with E-state index in [-0.39, 0.29) is 4.90 Å². The maximum absolute atomic E-state index is 13.0. The second-order valence-electron chi connectivity index (χ2n) is 10.6. The first kappa shape index (κ1) is 28.8. The SMILES string of the molecule is O=S(=O)(Nc1ccc(CCNCC(O)c2cccnc2)cc1)c1ccc(-c2nnn(CCCC3CCCC3)n2)cc1. The van der Waals surface area contributed by atoms with Crippen LogP contribution in [0.1, 0.15) is 55.8 Å². The van der Waals surface area contributed by atoms with E-state index in [9.17, 15) is 13.5 Å². The van der Waals surface area contributed by atoms with E-state index in [0.717, 1.165) is 42.0 Å². The van der Waals surface area contributed by atoms with Crippen molar-refractivity contribution in [2.75, 3.05) is 17.8 Å². The minimum Gasteiger partial charge on any atom is -0.387 e. The molecule has 0 amide bonds. The Morgan fingerprint density at radius 3 is 2.54 bits per heavy atom. The lowest BCUT2D eigenvalue weighted by Crippen LogP contribution is -2.23. The number of aromatic nitrogens is 5. The summed E-state index contributed by atoms with van der Waals surface area (Å²) >= 11 is 0. The quantitative estimate of drug-likeness (QED) is 0.189. The molecule has 0 spiro atoms. The van der Waals surface area contributed by atoms with Crippen molar-refractivity contribution in [2.24, 2.45) is 5.92 Å². The Balaban J connectivity index is 1.08. The van der Waals surface area contributed by atoms with Gasteiger partial charge < -0.3 is 10.4 Å². The molecule has 1 aliphatic rings. The van der Waals surface area contributed by atoms with Crippen LogP contribution < -0.4 is 10.0 Å². The molecule has 0 aliphatic heterocycles. The topological polar surface area (TPSA) is 135 Å². The van der Waals surface area contributed by atoms with Crippen LogP contribution >= 0.6 is 0 Å². The van der Waals surface area contributed by atoms with Crippen LogP contribution in [0.3, 0.4) is 0 Å². The molecule has 3 N–H and O–H groups in total. The zero-order valence-electron chi connectivity index (χ0n) is 23.1. The normalized spacial score (nSPS) is 14.8. The Hall–Kier alpha value is -3.67. The van der Waals surface area contributed by atoms with Gasteiger partial charge in [-0.1, -0.05) is 43.9 Å². The van der Waals surface area contributed by atoms with E-state index in [4.69, 9.17) is 0 Å². The second-order valence-corrected chi connectivity index (χ2v) is 12.3. The fraction of sp³-hybridized carbons (Fsp3) is 0.400. The first-order valence-corrected chi connectivity index (χ1v) is 15.7. The van der Waals surface area contributed by atoms with Crippen LogP contribution in [0, 0.1) is 5.92 Å². The molecule has 1 saturated carbocycles. The van der Waals surface area contributed by atoms with Crippen molar-refractivity contribution in [1.29, 1.82) is 0 Å². The highest BCUT2D eigenvalue weighted by Crippen LogP contribution is 2.28. The van der Waals surface area contributed by atoms with Gasteiger partial charge in [0.1, 0.15) is 0 Å². The summed E-state index contributed by atoms with van der Waals surface area (Å²) in [6.45, 7) is 1.85. The summed E-state index contributed by atoms with van der Waals surface area (Å²) in [5.41, 5.74) is 3.03. The molecule has 2 aromatic carbocycles. The molecule has 0 radical (unpaired) electrons. The van der Waals surface area contributed by atoms with Crippen LogP contribution in [0.5, 0.6) is 0 Å². The number of hydrogen-bond donors (Lipinski definition) is 3. The summed E-state index contributed by atoms with van der Waals surface area (Å²) in [5, 5.41) is 26.2. The highest BCUT2D eigenvalue weighted by molar-refractivity contribution is 7.92. The number of aryl methyl sites for hydroxylation is 1. The van der Waals surface area contributed by atoms with Crippen LogP contribution in [0.2, 0.25) is 0 Å². The van der Waals surface area contributed by atoms with Gasteiger partial charge in [0, 0.05) is 35.8 Å². The first-order valence-electron chi connectivity index (χ1n) is 14.2. The standard InChI is InChI=1S/C30H37N7O3S/c38-29(26-8-3-18-31-21-26)22-32-19-17-24-9-13-27(14-10-24)35-41(39,40)28-15-11-25(12-16-28)30-33-36-37(34-30)20-4-7-23-5-1-2-6-23/h3,8-16,18,21,23,29,32,35,38H,1-2,4-7,17,19-20,22H2. The molecule has 0 saturated heterocycles. The fourth-order valence-corrected chi connectivity index (χ4v) is 6.23. The molecule has 11 heteroatoms. The summed E-state index contributed by atoms with van der Waals surface area (Å²) < 4.78 is 28.6. The number of pyridine rings is 1. The van der Waals surface area contributed by atoms with Crippen molar-refractivity contribution in [3.63, 3.8) is 0 Å². The summed E-state index contributed by atoms with van der Waals surface area (Å²) in [5.74, 6) is 1.32. The molecule has 10 nitrogen and oxygen atoms in total. The number of sulfonamides is 1. The lowest BCUT2D eigenvalue weighted by atomic mass is 10.0. The van der Waals surface area contributed by atoms with Crippen LogP contribution in [0.25, 0.3) is 11.4 Å². The number of nitrogens with zero attached hydrogens (tertiary/aromatic N) is 5. The molecule has 5 rings (SSSR count). The first-order chi connectivity index (χ1) is 20.0. The van der Waals surface area contributed by atoms with E-state index < -0.39 is 16.1 Å². The number of aliphatic hydroxyl groups is 1. The fourth-order valence-electron chi connectivity index (χ4n) is 5.17. The zero-order valence-corrected chi connectivity index (χ0v) is 23.9. The maximum atomic E-state index is 13.0. The van der Waals surface area contributed by atoms with E-state index in [2.05, 4.69) is 30.4 Å². The number of rotatable bonds is 14. The molecule has 4 aromatic rings. The smallest absolute Gasteiger partial charge is 0.261 e. The van der Waals surface area contributed by atoms with Gasteiger partial charge in [-0.05, 0) is 85.0 Å². The molecule has 2 aromatic heterocycles. The minimum atomic E-state index is -3.75. The van der Waals surface area contributed by atoms with E-state index >= 15 is 0 Å². The predicted octanol–water partition coefficient (Wildman–Crippen LogP) is 4.37. The largest absolute Gasteiger partial charge is 0.387 e. The number of tetrazole rings is 1. The molecule has 2 heterocycles. The summed E-state index contributed by atoms with van der Waals surface area (Å²) in [6.07, 6.45) is 11.1. The Kier molecular flexibility index (Phi) is 9.71. The Morgan fingerprint density at radius 2 is 1.80 bits per heavy atom. The van der Waals surface area contributed by atoms with E-state index in [1.807, 2.05) is 18.2 Å². The number of benzene rings is 2. The van der Waals surface area contributed by atoms with Crippen LogP contribution in [0.15, 0.2) is 78.0 Å². The zero-order chi connectivity index (χ0) is 28.5. The molecule has 1 unspecified atom stereocenters. The van der Waals surface area contributed by atoms with Crippen LogP contribution in [-0.2, 0) is 23.0 Å². The highest BCUT2D eigenvalue weighted by atomic mass is 32.2. The van der Waals surface area contributed by atoms with Gasteiger partial charge in [-0.15, -0.1) is 10.2 Å². The molecule has 41 heavy (non-hydrogen) atoms. The number of hydrogen-bond acceptors (Lipinski definition) is 8. The second kappa shape index (κ2) is 13.8. The van der Waals surface area contributed by atoms with E-state index in [1.165, 1.54) is 32.1 Å². The predicted molar refractivity (Wildman–Crippen MR) is 157 cm³/mol. The lowest BCUT2D eigenvalue weighted by molar-refractivity contribution is 0.174. The minimum absolute atomic E-state index is 0.158. The third kappa shape index (κ3) is 8.18. The number of nitrogens with one attached hydrogen (secondary N) is 2. The summed E-state index contributed by atoms with van der Waals surface area (Å²) in [7, 11) is -3.75. The van der Waals surface area contributed by atoms with Gasteiger partial charge in [0.25, 0.3) is 10.0 Å². The van der Waals surface area contributed by atoms with E-state index in [0.29, 0.717) is 24.6 Å². The number of aliphatic hydroxyl groups excluding tert-OH is 1. The molecule has 0 bridgehead atoms. The lowest BCUT2D eigenvalue weighted by Gasteiger charge is -2.12. The Labute approximate surface area is 241 Å². The summed E-state index contributed by atoms with van der Waals surface area (Å²) in [6, 6.07) is 17.4. The van der Waals surface area contributed by atoms with Crippen molar-refractivity contribution < 1.29 is 13.5 Å².